The van der Waals surface area contributed by atoms with E-state index in [-0.39, 0.29) is 11.5 Å². The summed E-state index contributed by atoms with van der Waals surface area (Å²) in [6.07, 6.45) is 0. The van der Waals surface area contributed by atoms with Crippen molar-refractivity contribution in [2.45, 2.75) is 6.92 Å². The first kappa shape index (κ1) is 12.1. The lowest BCUT2D eigenvalue weighted by Gasteiger charge is -2.20. The number of carbonyl (C=O) groups excluding carboxylic acids is 1. The van der Waals surface area contributed by atoms with Gasteiger partial charge in [-0.3, -0.25) is 9.59 Å². The zero-order valence-electron chi connectivity index (χ0n) is 10.1. The average molecular weight is 242 g/mol. The van der Waals surface area contributed by atoms with Crippen molar-refractivity contribution in [3.05, 3.63) is 64.6 Å². The van der Waals surface area contributed by atoms with Crippen LogP contribution in [0.15, 0.2) is 53.3 Å². The van der Waals surface area contributed by atoms with Crippen molar-refractivity contribution in [3.8, 4) is 0 Å². The first-order chi connectivity index (χ1) is 8.72. The molecule has 1 amide bonds. The molecule has 18 heavy (non-hydrogen) atoms. The smallest absolute Gasteiger partial charge is 0.274 e. The molecule has 0 aliphatic rings. The van der Waals surface area contributed by atoms with Crippen molar-refractivity contribution >= 4 is 11.6 Å². The molecular formula is C14H14N2O2. The monoisotopic (exact) mass is 242 g/mol. The van der Waals surface area contributed by atoms with Gasteiger partial charge >= 0.3 is 0 Å². The zero-order chi connectivity index (χ0) is 13.0. The number of para-hydroxylation sites is 1. The fraction of sp³-hybridized carbons (Fsp3) is 0.143. The van der Waals surface area contributed by atoms with Gasteiger partial charge in [0.15, 0.2) is 0 Å². The summed E-state index contributed by atoms with van der Waals surface area (Å²) in [6.45, 7) is 2.44. The summed E-state index contributed by atoms with van der Waals surface area (Å²) in [7, 11) is 0. The number of H-pyrrole nitrogens is 1. The molecule has 0 aliphatic heterocycles. The Morgan fingerprint density at radius 1 is 1.11 bits per heavy atom. The number of nitrogens with zero attached hydrogens (tertiary/aromatic N) is 1. The fourth-order valence-corrected chi connectivity index (χ4v) is 1.77. The highest BCUT2D eigenvalue weighted by molar-refractivity contribution is 6.04. The Morgan fingerprint density at radius 2 is 1.83 bits per heavy atom. The molecule has 4 nitrogen and oxygen atoms in total. The van der Waals surface area contributed by atoms with Crippen LogP contribution in [0.3, 0.4) is 0 Å². The Hall–Kier alpha value is -2.36. The van der Waals surface area contributed by atoms with Gasteiger partial charge in [0.05, 0.1) is 0 Å². The minimum absolute atomic E-state index is 0.207. The predicted octanol–water partition coefficient (Wildman–Crippen LogP) is 2.04. The molecule has 0 fully saturated rings. The van der Waals surface area contributed by atoms with E-state index >= 15 is 0 Å². The van der Waals surface area contributed by atoms with Crippen molar-refractivity contribution in [3.63, 3.8) is 0 Å². The summed E-state index contributed by atoms with van der Waals surface area (Å²) in [5.41, 5.74) is 0.841. The standard InChI is InChI=1S/C14H14N2O2/c1-2-16(11-7-4-3-5-8-11)14(18)12-9-6-10-13(17)15-12/h3-10H,2H2,1H3,(H,15,17). The van der Waals surface area contributed by atoms with Crippen molar-refractivity contribution in [1.29, 1.82) is 0 Å². The van der Waals surface area contributed by atoms with E-state index in [0.717, 1.165) is 5.69 Å². The quantitative estimate of drug-likeness (QED) is 0.895. The second-order valence-corrected chi connectivity index (χ2v) is 3.81. The van der Waals surface area contributed by atoms with E-state index < -0.39 is 0 Å². The van der Waals surface area contributed by atoms with Gasteiger partial charge in [-0.05, 0) is 25.1 Å². The van der Waals surface area contributed by atoms with Gasteiger partial charge < -0.3 is 9.88 Å². The molecule has 1 aromatic heterocycles. The molecule has 1 aromatic carbocycles. The van der Waals surface area contributed by atoms with Crippen LogP contribution in [0.5, 0.6) is 0 Å². The number of carbonyl (C=O) groups is 1. The van der Waals surface area contributed by atoms with Crippen molar-refractivity contribution in [2.75, 3.05) is 11.4 Å². The number of benzene rings is 1. The number of nitrogens with one attached hydrogen (secondary N) is 1. The third-order valence-corrected chi connectivity index (χ3v) is 2.63. The lowest BCUT2D eigenvalue weighted by Crippen LogP contribution is -2.32. The van der Waals surface area contributed by atoms with Crippen LogP contribution in [0.4, 0.5) is 5.69 Å². The third-order valence-electron chi connectivity index (χ3n) is 2.63. The molecule has 1 N–H and O–H groups in total. The second-order valence-electron chi connectivity index (χ2n) is 3.81. The van der Waals surface area contributed by atoms with E-state index in [1.807, 2.05) is 37.3 Å². The molecule has 0 atom stereocenters. The molecule has 2 aromatic rings. The Kier molecular flexibility index (Phi) is 3.57. The first-order valence-corrected chi connectivity index (χ1v) is 5.78. The van der Waals surface area contributed by atoms with Gasteiger partial charge in [-0.2, -0.15) is 0 Å². The Labute approximate surface area is 105 Å². The van der Waals surface area contributed by atoms with E-state index in [0.29, 0.717) is 12.2 Å². The zero-order valence-corrected chi connectivity index (χ0v) is 10.1. The molecule has 0 aliphatic carbocycles. The minimum atomic E-state index is -0.273. The number of pyridine rings is 1. The summed E-state index contributed by atoms with van der Waals surface area (Å²) in [6, 6.07) is 13.9. The highest BCUT2D eigenvalue weighted by Crippen LogP contribution is 2.15. The number of rotatable bonds is 3. The Balaban J connectivity index is 2.34. The summed E-state index contributed by atoms with van der Waals surface area (Å²) in [5, 5.41) is 0. The second kappa shape index (κ2) is 5.31. The van der Waals surface area contributed by atoms with Crippen molar-refractivity contribution < 1.29 is 4.79 Å². The van der Waals surface area contributed by atoms with Gasteiger partial charge in [-0.15, -0.1) is 0 Å². The fourth-order valence-electron chi connectivity index (χ4n) is 1.77. The van der Waals surface area contributed by atoms with E-state index in [1.165, 1.54) is 6.07 Å². The van der Waals surface area contributed by atoms with E-state index in [2.05, 4.69) is 4.98 Å². The molecule has 0 unspecified atom stereocenters. The maximum Gasteiger partial charge on any atom is 0.274 e. The maximum absolute atomic E-state index is 12.3. The molecule has 0 saturated heterocycles. The van der Waals surface area contributed by atoms with Gasteiger partial charge in [-0.25, -0.2) is 0 Å². The number of hydrogen-bond acceptors (Lipinski definition) is 2. The molecular weight excluding hydrogens is 228 g/mol. The predicted molar refractivity (Wildman–Crippen MR) is 70.9 cm³/mol. The topological polar surface area (TPSA) is 53.2 Å². The van der Waals surface area contributed by atoms with E-state index in [4.69, 9.17) is 0 Å². The molecule has 0 bridgehead atoms. The Bertz CT molecular complexity index is 590. The van der Waals surface area contributed by atoms with Gasteiger partial charge in [0.2, 0.25) is 5.56 Å². The van der Waals surface area contributed by atoms with Crippen LogP contribution in [-0.4, -0.2) is 17.4 Å². The lowest BCUT2D eigenvalue weighted by molar-refractivity contribution is 0.0983. The van der Waals surface area contributed by atoms with Crippen molar-refractivity contribution in [2.24, 2.45) is 0 Å². The van der Waals surface area contributed by atoms with E-state index in [9.17, 15) is 9.59 Å². The normalized spacial score (nSPS) is 10.1. The highest BCUT2D eigenvalue weighted by Gasteiger charge is 2.16. The SMILES string of the molecule is CCN(C(=O)c1cccc(=O)[nH]1)c1ccccc1. The number of amides is 1. The molecule has 0 saturated carbocycles. The summed E-state index contributed by atoms with van der Waals surface area (Å²) in [5.74, 6) is -0.207. The van der Waals surface area contributed by atoms with Crippen LogP contribution >= 0.6 is 0 Å². The number of aromatic nitrogens is 1. The largest absolute Gasteiger partial charge is 0.318 e. The van der Waals surface area contributed by atoms with E-state index in [1.54, 1.807) is 17.0 Å². The molecule has 0 spiro atoms. The summed E-state index contributed by atoms with van der Waals surface area (Å²) in [4.78, 5) is 27.7. The minimum Gasteiger partial charge on any atom is -0.318 e. The molecule has 2 rings (SSSR count). The lowest BCUT2D eigenvalue weighted by atomic mass is 10.2. The van der Waals surface area contributed by atoms with Crippen LogP contribution < -0.4 is 10.5 Å². The molecule has 1 heterocycles. The highest BCUT2D eigenvalue weighted by atomic mass is 16.2. The third kappa shape index (κ3) is 2.48. The van der Waals surface area contributed by atoms with Crippen LogP contribution in [0.2, 0.25) is 0 Å². The van der Waals surface area contributed by atoms with Crippen LogP contribution in [-0.2, 0) is 0 Å². The number of aromatic amines is 1. The molecule has 4 heteroatoms. The van der Waals surface area contributed by atoms with Crippen molar-refractivity contribution in [1.82, 2.24) is 4.98 Å². The van der Waals surface area contributed by atoms with Crippen LogP contribution in [0, 0.1) is 0 Å². The van der Waals surface area contributed by atoms with Gasteiger partial charge in [-0.1, -0.05) is 24.3 Å². The summed E-state index contributed by atoms with van der Waals surface area (Å²) >= 11 is 0. The van der Waals surface area contributed by atoms with Crippen LogP contribution in [0.25, 0.3) is 0 Å². The summed E-state index contributed by atoms with van der Waals surface area (Å²) < 4.78 is 0. The number of hydrogen-bond donors (Lipinski definition) is 1. The first-order valence-electron chi connectivity index (χ1n) is 5.78. The molecule has 92 valence electrons. The Morgan fingerprint density at radius 3 is 2.44 bits per heavy atom. The molecule has 0 radical (unpaired) electrons. The van der Waals surface area contributed by atoms with Crippen LogP contribution in [0.1, 0.15) is 17.4 Å². The number of anilines is 1. The average Bonchev–Trinajstić information content (AvgIpc) is 2.41. The maximum atomic E-state index is 12.3. The van der Waals surface area contributed by atoms with Gasteiger partial charge in [0.25, 0.3) is 5.91 Å². The van der Waals surface area contributed by atoms with Gasteiger partial charge in [0.1, 0.15) is 5.69 Å². The van der Waals surface area contributed by atoms with Gasteiger partial charge in [0, 0.05) is 18.3 Å².